The van der Waals surface area contributed by atoms with Crippen LogP contribution in [-0.2, 0) is 27.3 Å². The molecule has 1 fully saturated rings. The number of pyridine rings is 1. The minimum absolute atomic E-state index is 0.0485. The summed E-state index contributed by atoms with van der Waals surface area (Å²) in [7, 11) is 0. The Morgan fingerprint density at radius 1 is 1.44 bits per heavy atom. The summed E-state index contributed by atoms with van der Waals surface area (Å²) in [5.41, 5.74) is 9.37. The van der Waals surface area contributed by atoms with E-state index in [4.69, 9.17) is 16.3 Å². The van der Waals surface area contributed by atoms with Gasteiger partial charge in [0.1, 0.15) is 5.65 Å². The molecule has 1 aliphatic rings. The highest BCUT2D eigenvalue weighted by atomic mass is 16.5. The number of hydrazine groups is 1. The van der Waals surface area contributed by atoms with Crippen molar-refractivity contribution < 1.29 is 14.3 Å². The van der Waals surface area contributed by atoms with Gasteiger partial charge >= 0.3 is 5.97 Å². The number of imidazole rings is 1. The number of esters is 1. The lowest BCUT2D eigenvalue weighted by Gasteiger charge is -2.11. The molecule has 144 valence electrons. The van der Waals surface area contributed by atoms with Crippen molar-refractivity contribution in [3.05, 3.63) is 47.2 Å². The molecule has 8 heteroatoms. The molecule has 27 heavy (non-hydrogen) atoms. The Balaban J connectivity index is 1.85. The first-order chi connectivity index (χ1) is 13.0. The van der Waals surface area contributed by atoms with E-state index in [0.29, 0.717) is 38.2 Å². The van der Waals surface area contributed by atoms with Gasteiger partial charge in [-0.1, -0.05) is 6.07 Å². The standard InChI is InChI=1S/C19H25N5O3/c1-2-27-18(26)6-5-14-7-15(13-3-4-13)8-23-10-17(22-19(14)23)11-24(21)9-16(20)12-25/h7-10,12-13H,2-6,11,20-21H2,1H3/b16-9-. The molecule has 0 unspecified atom stereocenters. The molecule has 0 bridgehead atoms. The topological polar surface area (TPSA) is 116 Å². The molecule has 0 aliphatic heterocycles. The van der Waals surface area contributed by atoms with Crippen LogP contribution < -0.4 is 11.6 Å². The van der Waals surface area contributed by atoms with Crippen LogP contribution in [0.5, 0.6) is 0 Å². The predicted molar refractivity (Wildman–Crippen MR) is 100 cm³/mol. The maximum atomic E-state index is 11.7. The number of aromatic nitrogens is 2. The fraction of sp³-hybridized carbons (Fsp3) is 0.421. The summed E-state index contributed by atoms with van der Waals surface area (Å²) in [6.07, 6.45) is 9.19. The van der Waals surface area contributed by atoms with Gasteiger partial charge in [-0.3, -0.25) is 9.59 Å². The second-order valence-electron chi connectivity index (χ2n) is 6.76. The Morgan fingerprint density at radius 3 is 2.89 bits per heavy atom. The van der Waals surface area contributed by atoms with E-state index in [1.807, 2.05) is 10.6 Å². The molecule has 0 saturated heterocycles. The second kappa shape index (κ2) is 8.22. The highest BCUT2D eigenvalue weighted by molar-refractivity contribution is 5.71. The van der Waals surface area contributed by atoms with Crippen LogP contribution in [-0.4, -0.2) is 33.3 Å². The molecular formula is C19H25N5O3. The van der Waals surface area contributed by atoms with Crippen LogP contribution in [0.15, 0.2) is 30.4 Å². The number of fused-ring (bicyclic) bond motifs is 1. The summed E-state index contributed by atoms with van der Waals surface area (Å²) in [6.45, 7) is 2.50. The van der Waals surface area contributed by atoms with Crippen LogP contribution in [0.25, 0.3) is 5.65 Å². The van der Waals surface area contributed by atoms with E-state index in [1.54, 1.807) is 6.92 Å². The first kappa shape index (κ1) is 18.9. The molecule has 0 spiro atoms. The largest absolute Gasteiger partial charge is 0.466 e. The van der Waals surface area contributed by atoms with Gasteiger partial charge in [0.25, 0.3) is 0 Å². The Bertz CT molecular complexity index is 870. The lowest BCUT2D eigenvalue weighted by Crippen LogP contribution is -2.26. The monoisotopic (exact) mass is 371 g/mol. The van der Waals surface area contributed by atoms with Gasteiger partial charge < -0.3 is 19.9 Å². The van der Waals surface area contributed by atoms with E-state index >= 15 is 0 Å². The van der Waals surface area contributed by atoms with Crippen molar-refractivity contribution >= 4 is 17.9 Å². The third-order valence-corrected chi connectivity index (χ3v) is 4.45. The number of hydrogen-bond acceptors (Lipinski definition) is 7. The van der Waals surface area contributed by atoms with Crippen molar-refractivity contribution in [2.75, 3.05) is 6.61 Å². The molecule has 0 atom stereocenters. The fourth-order valence-corrected chi connectivity index (χ4v) is 3.07. The van der Waals surface area contributed by atoms with E-state index < -0.39 is 0 Å². The summed E-state index contributed by atoms with van der Waals surface area (Å²) in [5.74, 6) is 6.25. The van der Waals surface area contributed by atoms with Crippen molar-refractivity contribution in [1.82, 2.24) is 14.4 Å². The summed E-state index contributed by atoms with van der Waals surface area (Å²) in [6, 6.07) is 2.15. The van der Waals surface area contributed by atoms with Crippen molar-refractivity contribution in [3.8, 4) is 0 Å². The molecule has 1 saturated carbocycles. The molecule has 3 rings (SSSR count). The molecule has 8 nitrogen and oxygen atoms in total. The zero-order chi connectivity index (χ0) is 19.4. The molecular weight excluding hydrogens is 346 g/mol. The molecule has 2 heterocycles. The third kappa shape index (κ3) is 4.85. The lowest BCUT2D eigenvalue weighted by molar-refractivity contribution is -0.143. The number of rotatable bonds is 9. The quantitative estimate of drug-likeness (QED) is 0.225. The Labute approximate surface area is 157 Å². The van der Waals surface area contributed by atoms with Gasteiger partial charge in [0.2, 0.25) is 0 Å². The average Bonchev–Trinajstić information content (AvgIpc) is 3.40. The molecule has 0 amide bonds. The second-order valence-corrected chi connectivity index (χ2v) is 6.76. The van der Waals surface area contributed by atoms with E-state index in [0.717, 1.165) is 16.9 Å². The average molecular weight is 371 g/mol. The van der Waals surface area contributed by atoms with E-state index in [9.17, 15) is 9.59 Å². The maximum absolute atomic E-state index is 11.7. The number of nitrogens with two attached hydrogens (primary N) is 2. The van der Waals surface area contributed by atoms with Crippen molar-refractivity contribution in [1.29, 1.82) is 0 Å². The van der Waals surface area contributed by atoms with Crippen LogP contribution in [0.4, 0.5) is 0 Å². The number of aldehydes is 1. The zero-order valence-electron chi connectivity index (χ0n) is 15.4. The maximum Gasteiger partial charge on any atom is 0.306 e. The highest BCUT2D eigenvalue weighted by Crippen LogP contribution is 2.40. The summed E-state index contributed by atoms with van der Waals surface area (Å²) < 4.78 is 7.03. The van der Waals surface area contributed by atoms with Gasteiger partial charge in [0.05, 0.1) is 24.5 Å². The lowest BCUT2D eigenvalue weighted by atomic mass is 10.1. The molecule has 0 radical (unpaired) electrons. The normalized spacial score (nSPS) is 14.4. The van der Waals surface area contributed by atoms with E-state index in [2.05, 4.69) is 17.2 Å². The smallest absolute Gasteiger partial charge is 0.306 e. The van der Waals surface area contributed by atoms with Crippen LogP contribution in [0, 0.1) is 0 Å². The first-order valence-electron chi connectivity index (χ1n) is 9.10. The van der Waals surface area contributed by atoms with Crippen molar-refractivity contribution in [2.24, 2.45) is 11.6 Å². The number of carbonyl (C=O) groups is 2. The number of aryl methyl sites for hydroxylation is 1. The van der Waals surface area contributed by atoms with Gasteiger partial charge in [0.15, 0.2) is 6.29 Å². The SMILES string of the molecule is CCOC(=O)CCc1cc(C2CC2)cn2cc(CN(N)/C=C(\N)C=O)nc12. The molecule has 0 aromatic carbocycles. The van der Waals surface area contributed by atoms with Crippen molar-refractivity contribution in [2.45, 2.75) is 45.1 Å². The Kier molecular flexibility index (Phi) is 5.75. The van der Waals surface area contributed by atoms with Crippen molar-refractivity contribution in [3.63, 3.8) is 0 Å². The number of allylic oxidation sites excluding steroid dienone is 1. The summed E-state index contributed by atoms with van der Waals surface area (Å²) in [5, 5.41) is 1.32. The van der Waals surface area contributed by atoms with E-state index in [-0.39, 0.29) is 11.7 Å². The van der Waals surface area contributed by atoms with Gasteiger partial charge in [-0.05, 0) is 43.2 Å². The number of hydrogen-bond donors (Lipinski definition) is 2. The summed E-state index contributed by atoms with van der Waals surface area (Å²) >= 11 is 0. The minimum atomic E-state index is -0.207. The number of ether oxygens (including phenoxy) is 1. The zero-order valence-corrected chi connectivity index (χ0v) is 15.4. The molecule has 1 aliphatic carbocycles. The highest BCUT2D eigenvalue weighted by Gasteiger charge is 2.25. The van der Waals surface area contributed by atoms with Gasteiger partial charge in [0, 0.05) is 25.0 Å². The Morgan fingerprint density at radius 2 is 2.22 bits per heavy atom. The van der Waals surface area contributed by atoms with Gasteiger partial charge in [-0.25, -0.2) is 10.8 Å². The molecule has 2 aromatic rings. The predicted octanol–water partition coefficient (Wildman–Crippen LogP) is 1.38. The number of nitrogens with zero attached hydrogens (tertiary/aromatic N) is 3. The van der Waals surface area contributed by atoms with Gasteiger partial charge in [-0.15, -0.1) is 0 Å². The van der Waals surface area contributed by atoms with Crippen LogP contribution >= 0.6 is 0 Å². The fourth-order valence-electron chi connectivity index (χ4n) is 3.07. The van der Waals surface area contributed by atoms with Crippen LogP contribution in [0.3, 0.4) is 0 Å². The van der Waals surface area contributed by atoms with Crippen LogP contribution in [0.2, 0.25) is 0 Å². The first-order valence-corrected chi connectivity index (χ1v) is 9.10. The minimum Gasteiger partial charge on any atom is -0.466 e. The van der Waals surface area contributed by atoms with E-state index in [1.165, 1.54) is 29.6 Å². The Hall–Kier alpha value is -2.87. The third-order valence-electron chi connectivity index (χ3n) is 4.45. The number of carbonyl (C=O) groups excluding carboxylic acids is 2. The van der Waals surface area contributed by atoms with Crippen LogP contribution in [0.1, 0.15) is 48.9 Å². The summed E-state index contributed by atoms with van der Waals surface area (Å²) in [4.78, 5) is 27.0. The van der Waals surface area contributed by atoms with Gasteiger partial charge in [-0.2, -0.15) is 0 Å². The molecule has 4 N–H and O–H groups in total. The molecule has 2 aromatic heterocycles.